The summed E-state index contributed by atoms with van der Waals surface area (Å²) in [5, 5.41) is 0.216. The van der Waals surface area contributed by atoms with Gasteiger partial charge in [0.1, 0.15) is 5.15 Å². The second-order valence-electron chi connectivity index (χ2n) is 3.48. The summed E-state index contributed by atoms with van der Waals surface area (Å²) in [6.45, 7) is 0.427. The van der Waals surface area contributed by atoms with E-state index in [1.165, 1.54) is 10.8 Å². The van der Waals surface area contributed by atoms with Gasteiger partial charge < -0.3 is 9.99 Å². The van der Waals surface area contributed by atoms with Crippen LogP contribution in [0.15, 0.2) is 41.3 Å². The van der Waals surface area contributed by atoms with Gasteiger partial charge in [-0.2, -0.15) is 0 Å². The van der Waals surface area contributed by atoms with Crippen LogP contribution < -0.4 is 16.8 Å². The van der Waals surface area contributed by atoms with Crippen molar-refractivity contribution < 1.29 is 0 Å². The van der Waals surface area contributed by atoms with Gasteiger partial charge in [-0.1, -0.05) is 41.9 Å². The zero-order valence-electron chi connectivity index (χ0n) is 8.93. The number of halogens is 1. The van der Waals surface area contributed by atoms with E-state index in [0.717, 1.165) is 5.56 Å². The molecule has 1 aromatic heterocycles. The number of aromatic nitrogens is 2. The summed E-state index contributed by atoms with van der Waals surface area (Å²) in [7, 11) is 0. The Balaban J connectivity index is 2.40. The first kappa shape index (κ1) is 11.6. The summed E-state index contributed by atoms with van der Waals surface area (Å²) < 4.78 is 1.46. The van der Waals surface area contributed by atoms with Gasteiger partial charge in [0.15, 0.2) is 0 Å². The molecule has 0 bridgehead atoms. The average Bonchev–Trinajstić information content (AvgIpc) is 2.34. The minimum Gasteiger partial charge on any atom is -0.305 e. The van der Waals surface area contributed by atoms with Crippen molar-refractivity contribution in [1.29, 1.82) is 0 Å². The molecule has 3 N–H and O–H groups in total. The molecule has 0 fully saturated rings. The number of anilines is 1. The van der Waals surface area contributed by atoms with Gasteiger partial charge in [-0.3, -0.25) is 4.79 Å². The molecule has 0 unspecified atom stereocenters. The maximum atomic E-state index is 11.9. The van der Waals surface area contributed by atoms with Gasteiger partial charge in [0.05, 0.1) is 6.54 Å². The van der Waals surface area contributed by atoms with Crippen LogP contribution in [0.1, 0.15) is 5.56 Å². The lowest BCUT2D eigenvalue weighted by Gasteiger charge is -2.08. The Morgan fingerprint density at radius 3 is 2.71 bits per heavy atom. The molecule has 5 nitrogen and oxygen atoms in total. The summed E-state index contributed by atoms with van der Waals surface area (Å²) >= 11 is 5.80. The molecule has 0 atom stereocenters. The molecule has 0 aliphatic rings. The number of nitrogens with zero attached hydrogens (tertiary/aromatic N) is 2. The molecule has 0 saturated carbocycles. The van der Waals surface area contributed by atoms with Crippen LogP contribution in [-0.2, 0) is 6.54 Å². The quantitative estimate of drug-likeness (QED) is 0.635. The van der Waals surface area contributed by atoms with Crippen LogP contribution in [0.25, 0.3) is 0 Å². The van der Waals surface area contributed by atoms with E-state index < -0.39 is 0 Å². The van der Waals surface area contributed by atoms with Gasteiger partial charge in [-0.25, -0.2) is 10.8 Å². The zero-order valence-corrected chi connectivity index (χ0v) is 9.69. The van der Waals surface area contributed by atoms with Crippen molar-refractivity contribution in [2.75, 3.05) is 5.43 Å². The second kappa shape index (κ2) is 4.99. The summed E-state index contributed by atoms with van der Waals surface area (Å²) in [4.78, 5) is 15.6. The van der Waals surface area contributed by atoms with Gasteiger partial charge in [0, 0.05) is 6.20 Å². The van der Waals surface area contributed by atoms with Crippen molar-refractivity contribution in [2.24, 2.45) is 5.84 Å². The largest absolute Gasteiger partial charge is 0.305 e. The van der Waals surface area contributed by atoms with Gasteiger partial charge >= 0.3 is 0 Å². The fourth-order valence-corrected chi connectivity index (χ4v) is 1.70. The van der Waals surface area contributed by atoms with Crippen molar-refractivity contribution in [3.63, 3.8) is 0 Å². The molecule has 88 valence electrons. The van der Waals surface area contributed by atoms with Crippen LogP contribution in [0.4, 0.5) is 5.82 Å². The average molecular weight is 251 g/mol. The van der Waals surface area contributed by atoms with Crippen molar-refractivity contribution in [3.8, 4) is 0 Å². The van der Waals surface area contributed by atoms with Crippen LogP contribution in [0.5, 0.6) is 0 Å². The van der Waals surface area contributed by atoms with Gasteiger partial charge in [-0.15, -0.1) is 0 Å². The van der Waals surface area contributed by atoms with Crippen molar-refractivity contribution in [2.45, 2.75) is 6.54 Å². The molecule has 0 amide bonds. The lowest BCUT2D eigenvalue weighted by atomic mass is 10.2. The summed E-state index contributed by atoms with van der Waals surface area (Å²) in [6, 6.07) is 9.59. The molecule has 2 aromatic rings. The van der Waals surface area contributed by atoms with E-state index >= 15 is 0 Å². The van der Waals surface area contributed by atoms with Gasteiger partial charge in [0.25, 0.3) is 5.56 Å². The first-order chi connectivity index (χ1) is 8.20. The fourth-order valence-electron chi connectivity index (χ4n) is 1.50. The third kappa shape index (κ3) is 2.64. The number of benzene rings is 1. The number of hydrazine groups is 1. The highest BCUT2D eigenvalue weighted by Crippen LogP contribution is 2.07. The minimum atomic E-state index is -0.305. The lowest BCUT2D eigenvalue weighted by molar-refractivity contribution is 0.750. The van der Waals surface area contributed by atoms with Crippen LogP contribution in [0.3, 0.4) is 0 Å². The van der Waals surface area contributed by atoms with Gasteiger partial charge in [0.2, 0.25) is 5.82 Å². The first-order valence-electron chi connectivity index (χ1n) is 4.98. The lowest BCUT2D eigenvalue weighted by Crippen LogP contribution is -2.27. The second-order valence-corrected chi connectivity index (χ2v) is 3.86. The van der Waals surface area contributed by atoms with E-state index in [4.69, 9.17) is 17.4 Å². The Labute approximate surface area is 103 Å². The number of nitrogen functional groups attached to an aromatic ring is 1. The van der Waals surface area contributed by atoms with Crippen LogP contribution in [0.2, 0.25) is 5.15 Å². The van der Waals surface area contributed by atoms with E-state index in [1.807, 2.05) is 30.3 Å². The molecule has 0 radical (unpaired) electrons. The smallest absolute Gasteiger partial charge is 0.295 e. The molecule has 1 aromatic carbocycles. The maximum Gasteiger partial charge on any atom is 0.295 e. The van der Waals surface area contributed by atoms with Gasteiger partial charge in [-0.05, 0) is 5.56 Å². The molecular weight excluding hydrogens is 240 g/mol. The van der Waals surface area contributed by atoms with Crippen molar-refractivity contribution in [3.05, 3.63) is 57.6 Å². The molecule has 0 spiro atoms. The summed E-state index contributed by atoms with van der Waals surface area (Å²) in [5.41, 5.74) is 2.93. The molecular formula is C11H11ClN4O. The molecule has 2 rings (SSSR count). The van der Waals surface area contributed by atoms with E-state index in [9.17, 15) is 4.79 Å². The number of hydrogen-bond acceptors (Lipinski definition) is 4. The van der Waals surface area contributed by atoms with E-state index in [2.05, 4.69) is 10.4 Å². The van der Waals surface area contributed by atoms with E-state index in [1.54, 1.807) is 0 Å². The normalized spacial score (nSPS) is 10.2. The molecule has 0 saturated heterocycles. The third-order valence-electron chi connectivity index (χ3n) is 2.28. The standard InChI is InChI=1S/C11H11ClN4O/c12-9-7-16(11(17)10(14-9)15-13)6-8-4-2-1-3-5-8/h1-5,7H,6,13H2,(H,14,15). The molecule has 1 heterocycles. The SMILES string of the molecule is NNc1nc(Cl)cn(Cc2ccccc2)c1=O. The Morgan fingerprint density at radius 2 is 2.06 bits per heavy atom. The maximum absolute atomic E-state index is 11.9. The molecule has 6 heteroatoms. The Kier molecular flexibility index (Phi) is 3.41. The van der Waals surface area contributed by atoms with Crippen LogP contribution in [0, 0.1) is 0 Å². The number of hydrogen-bond donors (Lipinski definition) is 2. The highest BCUT2D eigenvalue weighted by molar-refractivity contribution is 6.29. The Bertz CT molecular complexity index is 567. The molecule has 0 aliphatic carbocycles. The number of rotatable bonds is 3. The van der Waals surface area contributed by atoms with Crippen LogP contribution >= 0.6 is 11.6 Å². The van der Waals surface area contributed by atoms with E-state index in [0.29, 0.717) is 6.54 Å². The first-order valence-corrected chi connectivity index (χ1v) is 5.36. The monoisotopic (exact) mass is 250 g/mol. The number of nitrogens with one attached hydrogen (secondary N) is 1. The highest BCUT2D eigenvalue weighted by atomic mass is 35.5. The molecule has 17 heavy (non-hydrogen) atoms. The van der Waals surface area contributed by atoms with Crippen molar-refractivity contribution in [1.82, 2.24) is 9.55 Å². The minimum absolute atomic E-state index is 0.0356. The third-order valence-corrected chi connectivity index (χ3v) is 2.46. The van der Waals surface area contributed by atoms with Crippen molar-refractivity contribution >= 4 is 17.4 Å². The van der Waals surface area contributed by atoms with E-state index in [-0.39, 0.29) is 16.5 Å². The fraction of sp³-hybridized carbons (Fsp3) is 0.0909. The molecule has 0 aliphatic heterocycles. The van der Waals surface area contributed by atoms with Crippen LogP contribution in [-0.4, -0.2) is 9.55 Å². The number of nitrogens with two attached hydrogens (primary N) is 1. The zero-order chi connectivity index (χ0) is 12.3. The summed E-state index contributed by atoms with van der Waals surface area (Å²) in [6.07, 6.45) is 1.48. The highest BCUT2D eigenvalue weighted by Gasteiger charge is 2.06. The Hall–Kier alpha value is -1.85. The predicted octanol–water partition coefficient (Wildman–Crippen LogP) is 1.23. The summed E-state index contributed by atoms with van der Waals surface area (Å²) in [5.74, 6) is 5.23. The predicted molar refractivity (Wildman–Crippen MR) is 66.9 cm³/mol. The Morgan fingerprint density at radius 1 is 1.35 bits per heavy atom. The topological polar surface area (TPSA) is 72.9 Å².